The highest BCUT2D eigenvalue weighted by Crippen LogP contribution is 2.32. The predicted octanol–water partition coefficient (Wildman–Crippen LogP) is 3.55. The Morgan fingerprint density at radius 1 is 1.23 bits per heavy atom. The van der Waals surface area contributed by atoms with Crippen molar-refractivity contribution >= 4 is 23.5 Å². The largest absolute Gasteiger partial charge is 0.494 e. The van der Waals surface area contributed by atoms with Gasteiger partial charge in [-0.15, -0.1) is 5.10 Å². The number of amides is 2. The van der Waals surface area contributed by atoms with Crippen LogP contribution >= 0.6 is 0 Å². The first-order chi connectivity index (χ1) is 14.5. The molecule has 0 radical (unpaired) electrons. The number of aryl methyl sites for hydroxylation is 1. The fourth-order valence-electron chi connectivity index (χ4n) is 3.42. The number of nitrogens with zero attached hydrogens (tertiary/aromatic N) is 3. The van der Waals surface area contributed by atoms with Gasteiger partial charge in [0.05, 0.1) is 12.5 Å². The van der Waals surface area contributed by atoms with Crippen molar-refractivity contribution < 1.29 is 18.7 Å². The van der Waals surface area contributed by atoms with Gasteiger partial charge < -0.3 is 14.1 Å². The number of rotatable bonds is 6. The van der Waals surface area contributed by atoms with Crippen LogP contribution in [-0.4, -0.2) is 35.2 Å². The van der Waals surface area contributed by atoms with Gasteiger partial charge in [-0.3, -0.25) is 14.9 Å². The number of nitrogens with one attached hydrogen (secondary N) is 1. The van der Waals surface area contributed by atoms with Crippen LogP contribution < -0.4 is 15.0 Å². The van der Waals surface area contributed by atoms with Gasteiger partial charge in [0, 0.05) is 24.2 Å². The van der Waals surface area contributed by atoms with Crippen LogP contribution in [0.3, 0.4) is 0 Å². The van der Waals surface area contributed by atoms with Gasteiger partial charge in [0.25, 0.3) is 5.91 Å². The van der Waals surface area contributed by atoms with Crippen LogP contribution in [-0.2, 0) is 4.79 Å². The maximum absolute atomic E-state index is 12.5. The molecule has 2 amide bonds. The van der Waals surface area contributed by atoms with E-state index in [0.29, 0.717) is 24.6 Å². The zero-order valence-electron chi connectivity index (χ0n) is 16.8. The molecule has 1 N–H and O–H groups in total. The van der Waals surface area contributed by atoms with Crippen LogP contribution in [0.4, 0.5) is 11.7 Å². The quantitative estimate of drug-likeness (QED) is 0.672. The minimum atomic E-state index is -0.326. The van der Waals surface area contributed by atoms with Crippen molar-refractivity contribution in [1.29, 1.82) is 0 Å². The van der Waals surface area contributed by atoms with Crippen molar-refractivity contribution in [3.8, 4) is 5.75 Å². The summed E-state index contributed by atoms with van der Waals surface area (Å²) in [6, 6.07) is 14.6. The smallest absolute Gasteiger partial charge is 0.322 e. The average Bonchev–Trinajstić information content (AvgIpc) is 3.35. The van der Waals surface area contributed by atoms with Gasteiger partial charge in [-0.05, 0) is 50.2 Å². The predicted molar refractivity (Wildman–Crippen MR) is 111 cm³/mol. The molecular weight excluding hydrogens is 384 g/mol. The number of ether oxygens (including phenoxy) is 1. The lowest BCUT2D eigenvalue weighted by Gasteiger charge is -2.16. The van der Waals surface area contributed by atoms with Crippen LogP contribution in [0.1, 0.15) is 41.1 Å². The molecule has 30 heavy (non-hydrogen) atoms. The van der Waals surface area contributed by atoms with Crippen molar-refractivity contribution in [2.75, 3.05) is 23.4 Å². The van der Waals surface area contributed by atoms with Gasteiger partial charge >= 0.3 is 6.01 Å². The van der Waals surface area contributed by atoms with Gasteiger partial charge in [0.1, 0.15) is 5.75 Å². The summed E-state index contributed by atoms with van der Waals surface area (Å²) < 4.78 is 11.1. The van der Waals surface area contributed by atoms with Crippen molar-refractivity contribution in [3.63, 3.8) is 0 Å². The standard InChI is InChI=1S/C22H22N4O4/c1-3-29-18-9-7-17(8-10-18)26-13-16(12-19(26)27)21-24-25-22(30-21)23-20(28)15-6-4-5-14(2)11-15/h4-11,16H,3,12-13H2,1-2H3,(H,23,25,28). The van der Waals surface area contributed by atoms with E-state index < -0.39 is 0 Å². The number of hydrogen-bond donors (Lipinski definition) is 1. The summed E-state index contributed by atoms with van der Waals surface area (Å²) >= 11 is 0. The highest BCUT2D eigenvalue weighted by molar-refractivity contribution is 6.03. The fourth-order valence-corrected chi connectivity index (χ4v) is 3.42. The van der Waals surface area contributed by atoms with Crippen LogP contribution in [0.5, 0.6) is 5.75 Å². The molecular formula is C22H22N4O4. The molecule has 2 heterocycles. The van der Waals surface area contributed by atoms with E-state index in [1.807, 2.05) is 50.2 Å². The van der Waals surface area contributed by atoms with Crippen LogP contribution in [0.25, 0.3) is 0 Å². The van der Waals surface area contributed by atoms with Crippen molar-refractivity contribution in [1.82, 2.24) is 10.2 Å². The molecule has 1 saturated heterocycles. The van der Waals surface area contributed by atoms with Gasteiger partial charge in [-0.1, -0.05) is 22.8 Å². The molecule has 1 aliphatic heterocycles. The van der Waals surface area contributed by atoms with Crippen molar-refractivity contribution in [2.45, 2.75) is 26.2 Å². The zero-order valence-corrected chi connectivity index (χ0v) is 16.8. The second-order valence-corrected chi connectivity index (χ2v) is 7.10. The van der Waals surface area contributed by atoms with Crippen LogP contribution in [0, 0.1) is 6.92 Å². The summed E-state index contributed by atoms with van der Waals surface area (Å²) in [6.07, 6.45) is 0.265. The van der Waals surface area contributed by atoms with Gasteiger partial charge in [-0.2, -0.15) is 0 Å². The maximum atomic E-state index is 12.5. The van der Waals surface area contributed by atoms with E-state index in [4.69, 9.17) is 9.15 Å². The molecule has 4 rings (SSSR count). The summed E-state index contributed by atoms with van der Waals surface area (Å²) in [6.45, 7) is 4.85. The third-order valence-electron chi connectivity index (χ3n) is 4.88. The lowest BCUT2D eigenvalue weighted by molar-refractivity contribution is -0.117. The summed E-state index contributed by atoms with van der Waals surface area (Å²) in [5.74, 6) is 0.507. The minimum absolute atomic E-state index is 0.0171. The summed E-state index contributed by atoms with van der Waals surface area (Å²) in [5.41, 5.74) is 2.28. The lowest BCUT2D eigenvalue weighted by Crippen LogP contribution is -2.24. The Labute approximate surface area is 173 Å². The average molecular weight is 406 g/mol. The highest BCUT2D eigenvalue weighted by Gasteiger charge is 2.35. The van der Waals surface area contributed by atoms with Gasteiger partial charge in [0.15, 0.2) is 0 Å². The molecule has 1 aliphatic rings. The highest BCUT2D eigenvalue weighted by atomic mass is 16.5. The first kappa shape index (κ1) is 19.6. The van der Waals surface area contributed by atoms with Crippen LogP contribution in [0.15, 0.2) is 52.9 Å². The monoisotopic (exact) mass is 406 g/mol. The molecule has 0 aliphatic carbocycles. The SMILES string of the molecule is CCOc1ccc(N2CC(c3nnc(NC(=O)c4cccc(C)c4)o3)CC2=O)cc1. The number of carbonyl (C=O) groups is 2. The molecule has 8 heteroatoms. The van der Waals surface area contributed by atoms with E-state index in [1.165, 1.54) is 0 Å². The van der Waals surface area contributed by atoms with Crippen molar-refractivity contribution in [3.05, 3.63) is 65.5 Å². The lowest BCUT2D eigenvalue weighted by atomic mass is 10.1. The van der Waals surface area contributed by atoms with E-state index in [1.54, 1.807) is 17.0 Å². The van der Waals surface area contributed by atoms with E-state index >= 15 is 0 Å². The Morgan fingerprint density at radius 3 is 2.77 bits per heavy atom. The van der Waals surface area contributed by atoms with E-state index in [2.05, 4.69) is 15.5 Å². The molecule has 1 unspecified atom stereocenters. The molecule has 0 bridgehead atoms. The number of aromatic nitrogens is 2. The summed E-state index contributed by atoms with van der Waals surface area (Å²) in [4.78, 5) is 26.5. The summed E-state index contributed by atoms with van der Waals surface area (Å²) in [7, 11) is 0. The normalized spacial score (nSPS) is 16.0. The Bertz CT molecular complexity index is 1060. The van der Waals surface area contributed by atoms with E-state index in [0.717, 1.165) is 17.0 Å². The second-order valence-electron chi connectivity index (χ2n) is 7.10. The molecule has 3 aromatic rings. The van der Waals surface area contributed by atoms with E-state index in [-0.39, 0.29) is 30.2 Å². The molecule has 154 valence electrons. The first-order valence-corrected chi connectivity index (χ1v) is 9.78. The fraction of sp³-hybridized carbons (Fsp3) is 0.273. The van der Waals surface area contributed by atoms with Crippen molar-refractivity contribution in [2.24, 2.45) is 0 Å². The number of anilines is 2. The Balaban J connectivity index is 1.42. The second kappa shape index (κ2) is 8.36. The third-order valence-corrected chi connectivity index (χ3v) is 4.88. The van der Waals surface area contributed by atoms with Crippen LogP contribution in [0.2, 0.25) is 0 Å². The number of carbonyl (C=O) groups excluding carboxylic acids is 2. The Kier molecular flexibility index (Phi) is 5.47. The number of benzene rings is 2. The topological polar surface area (TPSA) is 97.6 Å². The number of hydrogen-bond acceptors (Lipinski definition) is 6. The Morgan fingerprint density at radius 2 is 2.03 bits per heavy atom. The molecule has 1 atom stereocenters. The summed E-state index contributed by atoms with van der Waals surface area (Å²) in [5, 5.41) is 10.6. The molecule has 0 spiro atoms. The maximum Gasteiger partial charge on any atom is 0.322 e. The molecule has 1 aromatic heterocycles. The third kappa shape index (κ3) is 4.17. The molecule has 8 nitrogen and oxygen atoms in total. The Hall–Kier alpha value is -3.68. The van der Waals surface area contributed by atoms with E-state index in [9.17, 15) is 9.59 Å². The first-order valence-electron chi connectivity index (χ1n) is 9.78. The minimum Gasteiger partial charge on any atom is -0.494 e. The van der Waals surface area contributed by atoms with Gasteiger partial charge in [0.2, 0.25) is 11.8 Å². The molecule has 1 fully saturated rings. The molecule has 0 saturated carbocycles. The van der Waals surface area contributed by atoms with Gasteiger partial charge in [-0.25, -0.2) is 0 Å². The molecule has 2 aromatic carbocycles. The zero-order chi connectivity index (χ0) is 21.1.